The molecule has 0 bridgehead atoms. The van der Waals surface area contributed by atoms with Crippen molar-refractivity contribution < 1.29 is 21.6 Å². The second-order valence-corrected chi connectivity index (χ2v) is 5.04. The maximum atomic E-state index is 12.4. The van der Waals surface area contributed by atoms with E-state index < -0.39 is 15.5 Å². The van der Waals surface area contributed by atoms with Gasteiger partial charge in [0.2, 0.25) is 0 Å². The second-order valence-electron chi connectivity index (χ2n) is 3.28. The number of hydrogen-bond donors (Lipinski definition) is 0. The fraction of sp³-hybridized carbons (Fsp3) is 0.111. The van der Waals surface area contributed by atoms with Gasteiger partial charge in [-0.25, -0.2) is 0 Å². The maximum Gasteiger partial charge on any atom is 0.518 e. The molecular formula is C9H6F3N3O2S. The Morgan fingerprint density at radius 3 is 2.28 bits per heavy atom. The monoisotopic (exact) mass is 277 g/mol. The number of hydrogen-bond acceptors (Lipinski definition) is 4. The van der Waals surface area contributed by atoms with Crippen molar-refractivity contribution >= 4 is 10.0 Å². The molecule has 5 nitrogen and oxygen atoms in total. The largest absolute Gasteiger partial charge is 0.518 e. The van der Waals surface area contributed by atoms with E-state index in [-0.39, 0.29) is 15.3 Å². The number of nitrogens with zero attached hydrogens (tertiary/aromatic N) is 3. The quantitative estimate of drug-likeness (QED) is 0.837. The summed E-state index contributed by atoms with van der Waals surface area (Å²) in [6.07, 6.45) is 0.957. The van der Waals surface area contributed by atoms with Crippen molar-refractivity contribution in [1.82, 2.24) is 14.4 Å². The highest BCUT2D eigenvalue weighted by molar-refractivity contribution is 7.90. The van der Waals surface area contributed by atoms with E-state index in [9.17, 15) is 21.6 Å². The first kappa shape index (κ1) is 12.6. The normalized spacial score (nSPS) is 12.6. The highest BCUT2D eigenvalue weighted by atomic mass is 32.2. The Morgan fingerprint density at radius 2 is 1.72 bits per heavy atom. The minimum Gasteiger partial charge on any atom is -0.195 e. The van der Waals surface area contributed by atoms with E-state index in [1.165, 1.54) is 12.1 Å². The van der Waals surface area contributed by atoms with Gasteiger partial charge in [-0.2, -0.15) is 21.6 Å². The summed E-state index contributed by atoms with van der Waals surface area (Å²) in [6, 6.07) is 7.69. The van der Waals surface area contributed by atoms with Crippen molar-refractivity contribution in [3.8, 4) is 11.3 Å². The van der Waals surface area contributed by atoms with Crippen molar-refractivity contribution in [3.63, 3.8) is 0 Å². The Bertz CT molecular complexity index is 649. The van der Waals surface area contributed by atoms with Gasteiger partial charge in [0.1, 0.15) is 5.69 Å². The molecule has 0 N–H and O–H groups in total. The van der Waals surface area contributed by atoms with Crippen LogP contribution in [0, 0.1) is 0 Å². The van der Waals surface area contributed by atoms with E-state index in [1.54, 1.807) is 18.2 Å². The first-order chi connectivity index (χ1) is 8.34. The van der Waals surface area contributed by atoms with Crippen LogP contribution >= 0.6 is 0 Å². The summed E-state index contributed by atoms with van der Waals surface area (Å²) < 4.78 is 59.6. The molecule has 9 heteroatoms. The predicted octanol–water partition coefficient (Wildman–Crippen LogP) is 1.64. The van der Waals surface area contributed by atoms with E-state index in [0.717, 1.165) is 6.20 Å². The van der Waals surface area contributed by atoms with Gasteiger partial charge in [0.25, 0.3) is 0 Å². The van der Waals surface area contributed by atoms with Gasteiger partial charge in [-0.1, -0.05) is 35.5 Å². The Kier molecular flexibility index (Phi) is 2.85. The zero-order chi connectivity index (χ0) is 13.4. The van der Waals surface area contributed by atoms with Crippen molar-refractivity contribution in [2.24, 2.45) is 0 Å². The van der Waals surface area contributed by atoms with Crippen LogP contribution in [0.5, 0.6) is 0 Å². The zero-order valence-electron chi connectivity index (χ0n) is 8.66. The zero-order valence-corrected chi connectivity index (χ0v) is 9.48. The fourth-order valence-electron chi connectivity index (χ4n) is 1.29. The molecule has 0 aliphatic carbocycles. The molecule has 96 valence electrons. The van der Waals surface area contributed by atoms with Crippen LogP contribution in [0.15, 0.2) is 36.5 Å². The van der Waals surface area contributed by atoms with Gasteiger partial charge in [-0.15, -0.1) is 9.19 Å². The third kappa shape index (κ3) is 1.96. The van der Waals surface area contributed by atoms with Crippen LogP contribution in [0.3, 0.4) is 0 Å². The molecule has 0 saturated heterocycles. The van der Waals surface area contributed by atoms with Gasteiger partial charge in [0, 0.05) is 5.56 Å². The lowest BCUT2D eigenvalue weighted by Crippen LogP contribution is -2.31. The second kappa shape index (κ2) is 4.09. The van der Waals surface area contributed by atoms with Crippen LogP contribution in [0.25, 0.3) is 11.3 Å². The Labute approximate surface area is 99.9 Å². The number of benzene rings is 1. The van der Waals surface area contributed by atoms with E-state index in [1.807, 2.05) is 0 Å². The standard InChI is InChI=1S/C9H6F3N3O2S/c10-9(11,12)18(16,17)15-8(6-13-14-15)7-4-2-1-3-5-7/h1-6H. The molecule has 1 aromatic carbocycles. The molecule has 0 aliphatic rings. The highest BCUT2D eigenvalue weighted by Crippen LogP contribution is 2.28. The summed E-state index contributed by atoms with van der Waals surface area (Å²) in [5.41, 5.74) is -5.40. The van der Waals surface area contributed by atoms with E-state index in [2.05, 4.69) is 10.3 Å². The molecule has 0 fully saturated rings. The Balaban J connectivity index is 2.61. The number of halogens is 3. The minimum absolute atomic E-state index is 0.123. The average Bonchev–Trinajstić information content (AvgIpc) is 2.78. The lowest BCUT2D eigenvalue weighted by Gasteiger charge is -2.09. The molecule has 0 spiro atoms. The molecule has 0 amide bonds. The molecule has 1 heterocycles. The maximum absolute atomic E-state index is 12.4. The minimum atomic E-state index is -5.57. The smallest absolute Gasteiger partial charge is 0.195 e. The van der Waals surface area contributed by atoms with Gasteiger partial charge in [0.15, 0.2) is 0 Å². The van der Waals surface area contributed by atoms with Crippen LogP contribution in [-0.2, 0) is 10.0 Å². The molecule has 0 radical (unpaired) electrons. The average molecular weight is 277 g/mol. The van der Waals surface area contributed by atoms with Gasteiger partial charge in [-0.05, 0) is 0 Å². The topological polar surface area (TPSA) is 64.8 Å². The molecule has 0 atom stereocenters. The van der Waals surface area contributed by atoms with Crippen molar-refractivity contribution in [2.75, 3.05) is 0 Å². The third-order valence-electron chi connectivity index (χ3n) is 2.11. The number of alkyl halides is 3. The Morgan fingerprint density at radius 1 is 1.11 bits per heavy atom. The lowest BCUT2D eigenvalue weighted by molar-refractivity contribution is -0.0449. The molecule has 18 heavy (non-hydrogen) atoms. The highest BCUT2D eigenvalue weighted by Gasteiger charge is 2.49. The Hall–Kier alpha value is -1.90. The van der Waals surface area contributed by atoms with E-state index in [4.69, 9.17) is 0 Å². The van der Waals surface area contributed by atoms with Gasteiger partial charge >= 0.3 is 15.5 Å². The molecule has 0 saturated carbocycles. The molecule has 2 aromatic rings. The van der Waals surface area contributed by atoms with Crippen molar-refractivity contribution in [2.45, 2.75) is 5.51 Å². The molecule has 0 aliphatic heterocycles. The first-order valence-electron chi connectivity index (χ1n) is 4.62. The van der Waals surface area contributed by atoms with Gasteiger partial charge < -0.3 is 0 Å². The lowest BCUT2D eigenvalue weighted by atomic mass is 10.2. The van der Waals surface area contributed by atoms with Crippen LogP contribution < -0.4 is 0 Å². The van der Waals surface area contributed by atoms with Crippen molar-refractivity contribution in [3.05, 3.63) is 36.5 Å². The fourth-order valence-corrected chi connectivity index (χ4v) is 2.04. The first-order valence-corrected chi connectivity index (χ1v) is 6.06. The molecule has 0 unspecified atom stereocenters. The summed E-state index contributed by atoms with van der Waals surface area (Å²) in [6.45, 7) is 0. The van der Waals surface area contributed by atoms with Crippen molar-refractivity contribution in [1.29, 1.82) is 0 Å². The predicted molar refractivity (Wildman–Crippen MR) is 55.8 cm³/mol. The van der Waals surface area contributed by atoms with Gasteiger partial charge in [0.05, 0.1) is 6.20 Å². The molecule has 1 aromatic heterocycles. The summed E-state index contributed by atoms with van der Waals surface area (Å²) in [5.74, 6) is 0. The number of rotatable bonds is 2. The van der Waals surface area contributed by atoms with Crippen LogP contribution in [-0.4, -0.2) is 28.3 Å². The summed E-state index contributed by atoms with van der Waals surface area (Å²) in [7, 11) is -5.57. The summed E-state index contributed by atoms with van der Waals surface area (Å²) in [4.78, 5) is 0. The van der Waals surface area contributed by atoms with Gasteiger partial charge in [-0.3, -0.25) is 0 Å². The van der Waals surface area contributed by atoms with E-state index in [0.29, 0.717) is 0 Å². The van der Waals surface area contributed by atoms with E-state index >= 15 is 0 Å². The summed E-state index contributed by atoms with van der Waals surface area (Å²) in [5, 5.41) is 6.20. The summed E-state index contributed by atoms with van der Waals surface area (Å²) >= 11 is 0. The van der Waals surface area contributed by atoms with Crippen LogP contribution in [0.2, 0.25) is 0 Å². The SMILES string of the molecule is O=S(=O)(n1nncc1-c1ccccc1)C(F)(F)F. The molecular weight excluding hydrogens is 271 g/mol. The van der Waals surface area contributed by atoms with Crippen LogP contribution in [0.4, 0.5) is 13.2 Å². The molecule has 2 rings (SSSR count). The third-order valence-corrected chi connectivity index (χ3v) is 3.42. The van der Waals surface area contributed by atoms with Crippen LogP contribution in [0.1, 0.15) is 0 Å². The number of aromatic nitrogens is 3.